The van der Waals surface area contributed by atoms with Crippen LogP contribution in [0.2, 0.25) is 0 Å². The van der Waals surface area contributed by atoms with Crippen LogP contribution in [0.3, 0.4) is 0 Å². The summed E-state index contributed by atoms with van der Waals surface area (Å²) >= 11 is 0. The van der Waals surface area contributed by atoms with E-state index in [0.717, 1.165) is 11.7 Å². The zero-order chi connectivity index (χ0) is 10.3. The summed E-state index contributed by atoms with van der Waals surface area (Å²) in [6, 6.07) is 9.99. The van der Waals surface area contributed by atoms with Gasteiger partial charge < -0.3 is 5.73 Å². The Bertz CT molecular complexity index is 340. The molecule has 2 N–H and O–H groups in total. The first kappa shape index (κ1) is 9.22. The van der Waals surface area contributed by atoms with Gasteiger partial charge in [0.05, 0.1) is 0 Å². The van der Waals surface area contributed by atoms with E-state index < -0.39 is 0 Å². The van der Waals surface area contributed by atoms with E-state index in [1.54, 1.807) is 0 Å². The maximum absolute atomic E-state index is 5.72. The normalized spacial score (nSPS) is 27.1. The van der Waals surface area contributed by atoms with Crippen LogP contribution < -0.4 is 5.73 Å². The number of nitrogens with zero attached hydrogens (tertiary/aromatic N) is 1. The van der Waals surface area contributed by atoms with Gasteiger partial charge in [0.1, 0.15) is 0 Å². The quantitative estimate of drug-likeness (QED) is 0.747. The van der Waals surface area contributed by atoms with Crippen LogP contribution >= 0.6 is 0 Å². The largest absolute Gasteiger partial charge is 0.399 e. The summed E-state index contributed by atoms with van der Waals surface area (Å²) in [5.74, 6) is 0. The number of nitrogen functional groups attached to an aromatic ring is 1. The molecule has 0 amide bonds. The Morgan fingerprint density at radius 1 is 1.07 bits per heavy atom. The third-order valence-electron chi connectivity index (χ3n) is 3.63. The predicted molar refractivity (Wildman–Crippen MR) is 62.6 cm³/mol. The number of hydrogen-bond donors (Lipinski definition) is 1. The van der Waals surface area contributed by atoms with E-state index in [4.69, 9.17) is 5.73 Å². The standard InChI is InChI=1S/C13H18N2/c14-11-5-3-10(4-6-11)13-2-1-9-15(13)12-7-8-12/h3-6,12-13H,1-2,7-9,14H2. The molecule has 1 unspecified atom stereocenters. The minimum Gasteiger partial charge on any atom is -0.399 e. The SMILES string of the molecule is Nc1ccc(C2CCCN2C2CC2)cc1. The van der Waals surface area contributed by atoms with E-state index >= 15 is 0 Å². The van der Waals surface area contributed by atoms with Gasteiger partial charge in [0.25, 0.3) is 0 Å². The van der Waals surface area contributed by atoms with Crippen molar-refractivity contribution in [3.05, 3.63) is 29.8 Å². The number of anilines is 1. The maximum atomic E-state index is 5.72. The second-order valence-corrected chi connectivity index (χ2v) is 4.79. The Morgan fingerprint density at radius 2 is 1.80 bits per heavy atom. The fourth-order valence-electron chi connectivity index (χ4n) is 2.71. The van der Waals surface area contributed by atoms with Gasteiger partial charge in [-0.05, 0) is 49.9 Å². The number of rotatable bonds is 2. The molecule has 3 rings (SSSR count). The van der Waals surface area contributed by atoms with Crippen molar-refractivity contribution in [3.8, 4) is 0 Å². The van der Waals surface area contributed by atoms with Gasteiger partial charge in [0.2, 0.25) is 0 Å². The Balaban J connectivity index is 1.82. The number of nitrogens with two attached hydrogens (primary N) is 1. The molecule has 1 aromatic rings. The van der Waals surface area contributed by atoms with Crippen molar-refractivity contribution >= 4 is 5.69 Å². The van der Waals surface area contributed by atoms with E-state index in [2.05, 4.69) is 17.0 Å². The van der Waals surface area contributed by atoms with Crippen LogP contribution in [-0.4, -0.2) is 17.5 Å². The van der Waals surface area contributed by atoms with Gasteiger partial charge >= 0.3 is 0 Å². The summed E-state index contributed by atoms with van der Waals surface area (Å²) in [7, 11) is 0. The van der Waals surface area contributed by atoms with Crippen LogP contribution in [0.1, 0.15) is 37.3 Å². The minimum atomic E-state index is 0.665. The molecule has 0 spiro atoms. The van der Waals surface area contributed by atoms with E-state index in [-0.39, 0.29) is 0 Å². The predicted octanol–water partition coefficient (Wildman–Crippen LogP) is 2.57. The lowest BCUT2D eigenvalue weighted by Gasteiger charge is -2.24. The molecule has 0 aromatic heterocycles. The zero-order valence-electron chi connectivity index (χ0n) is 9.02. The van der Waals surface area contributed by atoms with Crippen LogP contribution in [0.15, 0.2) is 24.3 Å². The second-order valence-electron chi connectivity index (χ2n) is 4.79. The van der Waals surface area contributed by atoms with Crippen molar-refractivity contribution in [2.75, 3.05) is 12.3 Å². The number of hydrogen-bond acceptors (Lipinski definition) is 2. The van der Waals surface area contributed by atoms with Crippen LogP contribution in [0, 0.1) is 0 Å². The summed E-state index contributed by atoms with van der Waals surface area (Å²) < 4.78 is 0. The molecule has 2 heteroatoms. The van der Waals surface area contributed by atoms with Crippen LogP contribution in [0.25, 0.3) is 0 Å². The third-order valence-corrected chi connectivity index (χ3v) is 3.63. The van der Waals surface area contributed by atoms with Gasteiger partial charge in [-0.1, -0.05) is 12.1 Å². The van der Waals surface area contributed by atoms with E-state index in [0.29, 0.717) is 6.04 Å². The molecule has 1 aromatic carbocycles. The molecule has 1 atom stereocenters. The topological polar surface area (TPSA) is 29.3 Å². The van der Waals surface area contributed by atoms with Crippen molar-refractivity contribution in [1.82, 2.24) is 4.90 Å². The highest BCUT2D eigenvalue weighted by atomic mass is 15.2. The Labute approximate surface area is 91.1 Å². The molecule has 1 aliphatic carbocycles. The first-order valence-electron chi connectivity index (χ1n) is 5.96. The zero-order valence-corrected chi connectivity index (χ0v) is 9.02. The van der Waals surface area contributed by atoms with Crippen molar-refractivity contribution in [2.45, 2.75) is 37.8 Å². The Morgan fingerprint density at radius 3 is 2.47 bits per heavy atom. The number of benzene rings is 1. The first-order valence-corrected chi connectivity index (χ1v) is 5.96. The van der Waals surface area contributed by atoms with Gasteiger partial charge in [-0.2, -0.15) is 0 Å². The van der Waals surface area contributed by atoms with Gasteiger partial charge in [0, 0.05) is 17.8 Å². The van der Waals surface area contributed by atoms with Crippen molar-refractivity contribution < 1.29 is 0 Å². The average molecular weight is 202 g/mol. The van der Waals surface area contributed by atoms with Gasteiger partial charge in [-0.3, -0.25) is 4.90 Å². The van der Waals surface area contributed by atoms with Crippen LogP contribution in [-0.2, 0) is 0 Å². The molecule has 2 aliphatic rings. The summed E-state index contributed by atoms with van der Waals surface area (Å²) in [5.41, 5.74) is 8.04. The lowest BCUT2D eigenvalue weighted by Crippen LogP contribution is -2.25. The highest BCUT2D eigenvalue weighted by Gasteiger charge is 2.37. The minimum absolute atomic E-state index is 0.665. The first-order chi connectivity index (χ1) is 7.34. The molecule has 15 heavy (non-hydrogen) atoms. The molecule has 1 aliphatic heterocycles. The van der Waals surface area contributed by atoms with Crippen LogP contribution in [0.5, 0.6) is 0 Å². The molecule has 1 heterocycles. The van der Waals surface area contributed by atoms with Gasteiger partial charge in [-0.15, -0.1) is 0 Å². The summed E-state index contributed by atoms with van der Waals surface area (Å²) in [4.78, 5) is 2.69. The highest BCUT2D eigenvalue weighted by Crippen LogP contribution is 2.40. The van der Waals surface area contributed by atoms with E-state index in [9.17, 15) is 0 Å². The molecule has 2 fully saturated rings. The second kappa shape index (κ2) is 3.53. The Hall–Kier alpha value is -1.02. The molecule has 2 nitrogen and oxygen atoms in total. The van der Waals surface area contributed by atoms with Crippen molar-refractivity contribution in [2.24, 2.45) is 0 Å². The maximum Gasteiger partial charge on any atom is 0.0351 e. The number of likely N-dealkylation sites (tertiary alicyclic amines) is 1. The lowest BCUT2D eigenvalue weighted by atomic mass is 10.0. The molecule has 1 saturated carbocycles. The van der Waals surface area contributed by atoms with Gasteiger partial charge in [0.15, 0.2) is 0 Å². The van der Waals surface area contributed by atoms with E-state index in [1.165, 1.54) is 37.8 Å². The monoisotopic (exact) mass is 202 g/mol. The molecule has 0 radical (unpaired) electrons. The summed E-state index contributed by atoms with van der Waals surface area (Å²) in [6.45, 7) is 1.29. The molecule has 1 saturated heterocycles. The average Bonchev–Trinajstić information content (AvgIpc) is 2.98. The highest BCUT2D eigenvalue weighted by molar-refractivity contribution is 5.40. The Kier molecular flexibility index (Phi) is 2.17. The molecule has 0 bridgehead atoms. The summed E-state index contributed by atoms with van der Waals surface area (Å²) in [6.07, 6.45) is 5.49. The van der Waals surface area contributed by atoms with E-state index in [1.807, 2.05) is 12.1 Å². The van der Waals surface area contributed by atoms with Gasteiger partial charge in [-0.25, -0.2) is 0 Å². The van der Waals surface area contributed by atoms with Crippen LogP contribution in [0.4, 0.5) is 5.69 Å². The van der Waals surface area contributed by atoms with Crippen molar-refractivity contribution in [3.63, 3.8) is 0 Å². The molecule has 80 valence electrons. The molecular formula is C13H18N2. The fourth-order valence-corrected chi connectivity index (χ4v) is 2.71. The fraction of sp³-hybridized carbons (Fsp3) is 0.538. The van der Waals surface area contributed by atoms with Crippen molar-refractivity contribution in [1.29, 1.82) is 0 Å². The lowest BCUT2D eigenvalue weighted by molar-refractivity contribution is 0.246. The molecular weight excluding hydrogens is 184 g/mol. The third kappa shape index (κ3) is 1.74. The summed E-state index contributed by atoms with van der Waals surface area (Å²) in [5, 5.41) is 0. The smallest absolute Gasteiger partial charge is 0.0351 e.